The first-order valence-electron chi connectivity index (χ1n) is 12.3. The van der Waals surface area contributed by atoms with Gasteiger partial charge in [-0.3, -0.25) is 4.79 Å². The van der Waals surface area contributed by atoms with E-state index >= 15 is 0 Å². The molecule has 0 saturated carbocycles. The van der Waals surface area contributed by atoms with Crippen LogP contribution in [0.3, 0.4) is 0 Å². The number of allylic oxidation sites excluding steroid dienone is 5. The van der Waals surface area contributed by atoms with E-state index in [1.807, 2.05) is 59.8 Å². The van der Waals surface area contributed by atoms with Gasteiger partial charge < -0.3 is 29.9 Å². The Balaban J connectivity index is 2.06. The maximum atomic E-state index is 14.1. The summed E-state index contributed by atoms with van der Waals surface area (Å²) in [6, 6.07) is 4.31. The van der Waals surface area contributed by atoms with Crippen LogP contribution in [0.4, 0.5) is 0 Å². The van der Waals surface area contributed by atoms with Crippen LogP contribution in [0.25, 0.3) is 0 Å². The predicted molar refractivity (Wildman–Crippen MR) is 140 cm³/mol. The Bertz CT molecular complexity index is 1370. The molecule has 0 aliphatic carbocycles. The molecule has 2 aromatic rings. The number of aliphatic hydroxyl groups is 1. The van der Waals surface area contributed by atoms with Gasteiger partial charge in [0.1, 0.15) is 34.3 Å². The molecule has 0 saturated heterocycles. The van der Waals surface area contributed by atoms with E-state index in [0.717, 1.165) is 16.7 Å². The predicted octanol–water partition coefficient (Wildman–Crippen LogP) is 5.73. The topological polar surface area (TPSA) is 116 Å². The summed E-state index contributed by atoms with van der Waals surface area (Å²) >= 11 is 0. The van der Waals surface area contributed by atoms with Crippen LogP contribution >= 0.6 is 0 Å². The zero-order chi connectivity index (χ0) is 27.3. The molecule has 37 heavy (non-hydrogen) atoms. The Morgan fingerprint density at radius 3 is 2.03 bits per heavy atom. The molecule has 0 fully saturated rings. The van der Waals surface area contributed by atoms with Crippen molar-refractivity contribution in [1.29, 1.82) is 0 Å². The first-order chi connectivity index (χ1) is 17.3. The fourth-order valence-corrected chi connectivity index (χ4v) is 4.82. The molecule has 2 atom stereocenters. The standard InChI is InChI=1S/C30H34O7/c1-16(2)7-10-20-25(32)21(11-8-17(3)4)27-24(26(20)33)28(34)30(35)29(37-27,14-13-18(5)6)22-12-9-19(31)15-23(22)36-30/h7-9,12-13,15,31-33,35H,10-11,14H2,1-6H3. The van der Waals surface area contributed by atoms with Gasteiger partial charge in [-0.1, -0.05) is 34.9 Å². The molecule has 196 valence electrons. The first-order valence-corrected chi connectivity index (χ1v) is 12.3. The molecule has 2 heterocycles. The molecule has 7 nitrogen and oxygen atoms in total. The SMILES string of the molecule is CC(C)=CCc1c(O)c(CC=C(C)C)c2c(c1O)C(=O)C1(O)Oc3cc(O)ccc3C1(CC=C(C)C)O2. The number of rotatable bonds is 6. The van der Waals surface area contributed by atoms with E-state index in [4.69, 9.17) is 9.47 Å². The smallest absolute Gasteiger partial charge is 0.318 e. The van der Waals surface area contributed by atoms with E-state index in [2.05, 4.69) is 0 Å². The number of benzene rings is 2. The molecule has 2 aromatic carbocycles. The van der Waals surface area contributed by atoms with Gasteiger partial charge >= 0.3 is 5.79 Å². The summed E-state index contributed by atoms with van der Waals surface area (Å²) in [4.78, 5) is 14.1. The van der Waals surface area contributed by atoms with Crippen LogP contribution in [-0.4, -0.2) is 32.0 Å². The van der Waals surface area contributed by atoms with Crippen molar-refractivity contribution >= 4 is 5.78 Å². The van der Waals surface area contributed by atoms with Crippen molar-refractivity contribution in [2.45, 2.75) is 72.2 Å². The number of Topliss-reactive ketones (excluding diaryl/α,β-unsaturated/α-hetero) is 1. The summed E-state index contributed by atoms with van der Waals surface area (Å²) in [5.41, 5.74) is 1.83. The van der Waals surface area contributed by atoms with Gasteiger partial charge in [-0.15, -0.1) is 0 Å². The van der Waals surface area contributed by atoms with Gasteiger partial charge in [-0.2, -0.15) is 0 Å². The van der Waals surface area contributed by atoms with Crippen LogP contribution in [0, 0.1) is 0 Å². The minimum absolute atomic E-state index is 0.00908. The second kappa shape index (κ2) is 9.30. The van der Waals surface area contributed by atoms with Gasteiger partial charge in [0.2, 0.25) is 11.4 Å². The van der Waals surface area contributed by atoms with Gasteiger partial charge in [0.15, 0.2) is 0 Å². The van der Waals surface area contributed by atoms with Crippen molar-refractivity contribution in [1.82, 2.24) is 0 Å². The van der Waals surface area contributed by atoms with Crippen LogP contribution in [0.5, 0.6) is 28.7 Å². The van der Waals surface area contributed by atoms with Crippen molar-refractivity contribution in [2.75, 3.05) is 0 Å². The number of ketones is 1. The number of hydrogen-bond acceptors (Lipinski definition) is 7. The van der Waals surface area contributed by atoms with E-state index in [0.29, 0.717) is 11.1 Å². The average molecular weight is 507 g/mol. The van der Waals surface area contributed by atoms with Gasteiger partial charge in [0.05, 0.1) is 0 Å². The largest absolute Gasteiger partial charge is 0.508 e. The number of carbonyl (C=O) groups is 1. The van der Waals surface area contributed by atoms with Crippen LogP contribution in [0.15, 0.2) is 53.1 Å². The number of aromatic hydroxyl groups is 3. The molecule has 2 aliphatic heterocycles. The fourth-order valence-electron chi connectivity index (χ4n) is 4.82. The monoisotopic (exact) mass is 506 g/mol. The van der Waals surface area contributed by atoms with E-state index in [-0.39, 0.29) is 53.4 Å². The molecule has 0 amide bonds. The molecule has 4 rings (SSSR count). The highest BCUT2D eigenvalue weighted by Crippen LogP contribution is 2.60. The molecular formula is C30H34O7. The molecule has 0 aromatic heterocycles. The Labute approximate surface area is 217 Å². The maximum absolute atomic E-state index is 14.1. The third-order valence-corrected chi connectivity index (χ3v) is 6.84. The lowest BCUT2D eigenvalue weighted by Crippen LogP contribution is -2.62. The number of carbonyl (C=O) groups excluding carboxylic acids is 1. The number of fused-ring (bicyclic) bond motifs is 4. The summed E-state index contributed by atoms with van der Waals surface area (Å²) in [5.74, 6) is -4.00. The Morgan fingerprint density at radius 2 is 1.43 bits per heavy atom. The molecule has 2 aliphatic rings. The van der Waals surface area contributed by atoms with Crippen LogP contribution in [0.2, 0.25) is 0 Å². The molecule has 2 unspecified atom stereocenters. The third-order valence-electron chi connectivity index (χ3n) is 6.84. The molecule has 4 N–H and O–H groups in total. The minimum atomic E-state index is -2.52. The molecule has 0 radical (unpaired) electrons. The second-order valence-corrected chi connectivity index (χ2v) is 10.5. The van der Waals surface area contributed by atoms with E-state index in [1.165, 1.54) is 12.1 Å². The van der Waals surface area contributed by atoms with Crippen molar-refractivity contribution in [3.8, 4) is 28.7 Å². The van der Waals surface area contributed by atoms with Gasteiger partial charge in [-0.25, -0.2) is 0 Å². The normalized spacial score (nSPS) is 21.1. The van der Waals surface area contributed by atoms with Gasteiger partial charge in [0.25, 0.3) is 0 Å². The molecule has 0 spiro atoms. The molecule has 0 bridgehead atoms. The highest BCUT2D eigenvalue weighted by atomic mass is 16.7. The first kappa shape index (κ1) is 26.4. The number of ether oxygens (including phenoxy) is 2. The zero-order valence-corrected chi connectivity index (χ0v) is 22.1. The van der Waals surface area contributed by atoms with Crippen LogP contribution < -0.4 is 9.47 Å². The number of phenols is 3. The highest BCUT2D eigenvalue weighted by molar-refractivity contribution is 6.09. The number of hydrogen-bond donors (Lipinski definition) is 4. The van der Waals surface area contributed by atoms with Crippen LogP contribution in [0.1, 0.15) is 75.0 Å². The lowest BCUT2D eigenvalue weighted by Gasteiger charge is -2.44. The lowest BCUT2D eigenvalue weighted by molar-refractivity contribution is -0.202. The Morgan fingerprint density at radius 1 is 0.838 bits per heavy atom. The summed E-state index contributed by atoms with van der Waals surface area (Å²) < 4.78 is 12.4. The van der Waals surface area contributed by atoms with Crippen molar-refractivity contribution in [3.63, 3.8) is 0 Å². The summed E-state index contributed by atoms with van der Waals surface area (Å²) in [6.07, 6.45) is 6.04. The van der Waals surface area contributed by atoms with Crippen molar-refractivity contribution < 1.29 is 34.7 Å². The fraction of sp³-hybridized carbons (Fsp3) is 0.367. The Hall–Kier alpha value is -3.71. The van der Waals surface area contributed by atoms with E-state index < -0.39 is 22.9 Å². The van der Waals surface area contributed by atoms with Gasteiger partial charge in [0, 0.05) is 29.2 Å². The number of phenolic OH excluding ortho intramolecular Hbond substituents is 3. The quantitative estimate of drug-likeness (QED) is 0.370. The summed E-state index contributed by atoms with van der Waals surface area (Å²) in [5, 5.41) is 44.6. The zero-order valence-electron chi connectivity index (χ0n) is 22.1. The summed E-state index contributed by atoms with van der Waals surface area (Å²) in [7, 11) is 0. The second-order valence-electron chi connectivity index (χ2n) is 10.5. The molecular weight excluding hydrogens is 472 g/mol. The average Bonchev–Trinajstić information content (AvgIpc) is 3.05. The minimum Gasteiger partial charge on any atom is -0.508 e. The maximum Gasteiger partial charge on any atom is 0.318 e. The highest BCUT2D eigenvalue weighted by Gasteiger charge is 2.70. The van der Waals surface area contributed by atoms with E-state index in [1.54, 1.807) is 6.07 Å². The van der Waals surface area contributed by atoms with Gasteiger partial charge in [-0.05, 0) is 66.5 Å². The third kappa shape index (κ3) is 4.17. The van der Waals surface area contributed by atoms with Crippen molar-refractivity contribution in [2.24, 2.45) is 0 Å². The van der Waals surface area contributed by atoms with Crippen LogP contribution in [-0.2, 0) is 18.4 Å². The van der Waals surface area contributed by atoms with Crippen molar-refractivity contribution in [3.05, 3.63) is 75.4 Å². The lowest BCUT2D eigenvalue weighted by atomic mass is 9.76. The van der Waals surface area contributed by atoms with E-state index in [9.17, 15) is 25.2 Å². The summed E-state index contributed by atoms with van der Waals surface area (Å²) in [6.45, 7) is 11.4. The molecule has 7 heteroatoms. The Kier molecular flexibility index (Phi) is 6.63.